The number of nitrogens with zero attached hydrogens (tertiary/aromatic N) is 2. The minimum absolute atomic E-state index is 0.0761. The van der Waals surface area contributed by atoms with Crippen LogP contribution in [0.4, 0.5) is 11.6 Å². The molecule has 1 heterocycles. The van der Waals surface area contributed by atoms with Gasteiger partial charge in [0.2, 0.25) is 0 Å². The van der Waals surface area contributed by atoms with Crippen LogP contribution in [-0.4, -0.2) is 17.3 Å². The summed E-state index contributed by atoms with van der Waals surface area (Å²) in [6.45, 7) is 0. The summed E-state index contributed by atoms with van der Waals surface area (Å²) in [5.41, 5.74) is 12.2. The van der Waals surface area contributed by atoms with E-state index in [9.17, 15) is 0 Å². The average molecular weight is 206 g/mol. The second-order valence-corrected chi connectivity index (χ2v) is 2.91. The van der Waals surface area contributed by atoms with E-state index in [1.54, 1.807) is 25.3 Å². The van der Waals surface area contributed by atoms with E-state index in [1.165, 1.54) is 0 Å². The Hall–Kier alpha value is -2.24. The second kappa shape index (κ2) is 3.49. The monoisotopic (exact) mass is 206 g/mol. The first-order valence-corrected chi connectivity index (χ1v) is 4.24. The highest BCUT2D eigenvalue weighted by atomic mass is 16.5. The Morgan fingerprint density at radius 3 is 2.73 bits per heavy atom. The molecule has 1 aromatic heterocycles. The van der Waals surface area contributed by atoms with Gasteiger partial charge in [0, 0.05) is 5.69 Å². The number of methoxy groups -OCH3 is 1. The van der Waals surface area contributed by atoms with Gasteiger partial charge in [-0.1, -0.05) is 0 Å². The number of hydrogen-bond acceptors (Lipinski definition) is 6. The Morgan fingerprint density at radius 1 is 1.33 bits per heavy atom. The van der Waals surface area contributed by atoms with Crippen LogP contribution in [0.15, 0.2) is 22.7 Å². The number of ether oxygens (including phenoxy) is 1. The lowest BCUT2D eigenvalue weighted by Crippen LogP contribution is -1.92. The third-order valence-corrected chi connectivity index (χ3v) is 1.93. The fraction of sp³-hybridized carbons (Fsp3) is 0.111. The van der Waals surface area contributed by atoms with E-state index < -0.39 is 0 Å². The van der Waals surface area contributed by atoms with Gasteiger partial charge >= 0.3 is 0 Å². The molecule has 0 aliphatic heterocycles. The topological polar surface area (TPSA) is 100 Å². The molecular weight excluding hydrogens is 196 g/mol. The fourth-order valence-corrected chi connectivity index (χ4v) is 1.19. The smallest absolute Gasteiger partial charge is 0.261 e. The molecule has 0 saturated heterocycles. The highest BCUT2D eigenvalue weighted by Crippen LogP contribution is 2.28. The number of rotatable bonds is 2. The molecular formula is C9H10N4O2. The summed E-state index contributed by atoms with van der Waals surface area (Å²) < 4.78 is 9.97. The van der Waals surface area contributed by atoms with E-state index in [2.05, 4.69) is 10.1 Å². The Bertz CT molecular complexity index is 481. The maximum absolute atomic E-state index is 5.76. The van der Waals surface area contributed by atoms with Gasteiger partial charge in [0.25, 0.3) is 11.8 Å². The van der Waals surface area contributed by atoms with Gasteiger partial charge < -0.3 is 20.7 Å². The van der Waals surface area contributed by atoms with Gasteiger partial charge in [-0.05, 0) is 23.4 Å². The first-order chi connectivity index (χ1) is 7.20. The normalized spacial score (nSPS) is 10.2. The summed E-state index contributed by atoms with van der Waals surface area (Å²) in [7, 11) is 1.57. The van der Waals surface area contributed by atoms with Crippen molar-refractivity contribution in [1.82, 2.24) is 10.1 Å². The highest BCUT2D eigenvalue weighted by molar-refractivity contribution is 5.72. The SMILES string of the molecule is COc1ccc(N)c(-c2nc(N)no2)c1. The minimum atomic E-state index is 0.0761. The van der Waals surface area contributed by atoms with Crippen LogP contribution in [0, 0.1) is 0 Å². The van der Waals surface area contributed by atoms with Crippen molar-refractivity contribution in [1.29, 1.82) is 0 Å². The quantitative estimate of drug-likeness (QED) is 0.708. The number of anilines is 2. The molecule has 78 valence electrons. The van der Waals surface area contributed by atoms with Gasteiger partial charge in [0.1, 0.15) is 5.75 Å². The van der Waals surface area contributed by atoms with E-state index in [0.717, 1.165) is 0 Å². The van der Waals surface area contributed by atoms with Crippen LogP contribution in [0.25, 0.3) is 11.5 Å². The fourth-order valence-electron chi connectivity index (χ4n) is 1.19. The third kappa shape index (κ3) is 1.69. The predicted molar refractivity (Wildman–Crippen MR) is 55.1 cm³/mol. The number of aromatic nitrogens is 2. The lowest BCUT2D eigenvalue weighted by molar-refractivity contribution is 0.413. The molecule has 0 atom stereocenters. The summed E-state index contributed by atoms with van der Waals surface area (Å²) in [6, 6.07) is 5.16. The van der Waals surface area contributed by atoms with Crippen molar-refractivity contribution in [3.8, 4) is 17.2 Å². The Morgan fingerprint density at radius 2 is 2.13 bits per heavy atom. The van der Waals surface area contributed by atoms with Gasteiger partial charge in [0.15, 0.2) is 0 Å². The van der Waals surface area contributed by atoms with Crippen molar-refractivity contribution in [3.63, 3.8) is 0 Å². The van der Waals surface area contributed by atoms with E-state index >= 15 is 0 Å². The van der Waals surface area contributed by atoms with Crippen LogP contribution in [0.1, 0.15) is 0 Å². The molecule has 0 fully saturated rings. The van der Waals surface area contributed by atoms with Crippen molar-refractivity contribution in [2.45, 2.75) is 0 Å². The number of benzene rings is 1. The molecule has 6 nitrogen and oxygen atoms in total. The molecule has 2 rings (SSSR count). The lowest BCUT2D eigenvalue weighted by atomic mass is 10.1. The molecule has 0 aliphatic rings. The number of nitrogen functional groups attached to an aromatic ring is 2. The average Bonchev–Trinajstić information content (AvgIpc) is 2.65. The van der Waals surface area contributed by atoms with E-state index in [0.29, 0.717) is 17.0 Å². The van der Waals surface area contributed by atoms with Crippen molar-refractivity contribution in [2.24, 2.45) is 0 Å². The van der Waals surface area contributed by atoms with Crippen molar-refractivity contribution in [2.75, 3.05) is 18.6 Å². The highest BCUT2D eigenvalue weighted by Gasteiger charge is 2.11. The van der Waals surface area contributed by atoms with Crippen LogP contribution in [0.2, 0.25) is 0 Å². The van der Waals surface area contributed by atoms with Crippen LogP contribution in [-0.2, 0) is 0 Å². The van der Waals surface area contributed by atoms with Crippen LogP contribution in [0.3, 0.4) is 0 Å². The van der Waals surface area contributed by atoms with E-state index in [4.69, 9.17) is 20.7 Å². The Balaban J connectivity index is 2.51. The maximum atomic E-state index is 5.76. The molecule has 15 heavy (non-hydrogen) atoms. The largest absolute Gasteiger partial charge is 0.497 e. The van der Waals surface area contributed by atoms with Crippen molar-refractivity contribution in [3.05, 3.63) is 18.2 Å². The summed E-state index contributed by atoms with van der Waals surface area (Å²) in [5, 5.41) is 3.48. The van der Waals surface area contributed by atoms with Crippen molar-refractivity contribution < 1.29 is 9.26 Å². The molecule has 0 unspecified atom stereocenters. The molecule has 0 saturated carbocycles. The molecule has 0 aliphatic carbocycles. The first-order valence-electron chi connectivity index (χ1n) is 4.24. The summed E-state index contributed by atoms with van der Waals surface area (Å²) in [4.78, 5) is 3.88. The van der Waals surface area contributed by atoms with Gasteiger partial charge in [-0.3, -0.25) is 0 Å². The molecule has 0 amide bonds. The standard InChI is InChI=1S/C9H10N4O2/c1-14-5-2-3-7(10)6(4-5)8-12-9(11)13-15-8/h2-4H,10H2,1H3,(H2,11,13). The summed E-state index contributed by atoms with van der Waals surface area (Å²) in [5.74, 6) is 1.02. The zero-order valence-electron chi connectivity index (χ0n) is 8.10. The summed E-state index contributed by atoms with van der Waals surface area (Å²) >= 11 is 0. The number of hydrogen-bond donors (Lipinski definition) is 2. The van der Waals surface area contributed by atoms with Gasteiger partial charge in [0.05, 0.1) is 12.7 Å². The molecule has 0 radical (unpaired) electrons. The van der Waals surface area contributed by atoms with Crippen molar-refractivity contribution >= 4 is 11.6 Å². The van der Waals surface area contributed by atoms with Gasteiger partial charge in [-0.25, -0.2) is 0 Å². The number of nitrogens with two attached hydrogens (primary N) is 2. The minimum Gasteiger partial charge on any atom is -0.497 e. The predicted octanol–water partition coefficient (Wildman–Crippen LogP) is 0.910. The Labute approximate surface area is 85.8 Å². The van der Waals surface area contributed by atoms with E-state index in [1.807, 2.05) is 0 Å². The third-order valence-electron chi connectivity index (χ3n) is 1.93. The Kier molecular flexibility index (Phi) is 2.17. The second-order valence-electron chi connectivity index (χ2n) is 2.91. The molecule has 0 spiro atoms. The first kappa shape index (κ1) is 9.32. The molecule has 1 aromatic carbocycles. The zero-order chi connectivity index (χ0) is 10.8. The zero-order valence-corrected chi connectivity index (χ0v) is 8.10. The van der Waals surface area contributed by atoms with Crippen LogP contribution in [0.5, 0.6) is 5.75 Å². The van der Waals surface area contributed by atoms with Crippen LogP contribution >= 0.6 is 0 Å². The lowest BCUT2D eigenvalue weighted by Gasteiger charge is -2.03. The molecule has 2 aromatic rings. The van der Waals surface area contributed by atoms with Crippen LogP contribution < -0.4 is 16.2 Å². The van der Waals surface area contributed by atoms with Gasteiger partial charge in [-0.2, -0.15) is 4.98 Å². The van der Waals surface area contributed by atoms with Gasteiger partial charge in [-0.15, -0.1) is 0 Å². The molecule has 4 N–H and O–H groups in total. The summed E-state index contributed by atoms with van der Waals surface area (Å²) in [6.07, 6.45) is 0. The molecule has 0 bridgehead atoms. The maximum Gasteiger partial charge on any atom is 0.261 e. The molecule has 6 heteroatoms. The van der Waals surface area contributed by atoms with E-state index in [-0.39, 0.29) is 11.8 Å².